The Bertz CT molecular complexity index is 814. The fraction of sp³-hybridized carbons (Fsp3) is 0.444. The number of aliphatic hydroxyl groups excluding tert-OH is 1. The van der Waals surface area contributed by atoms with E-state index >= 15 is 0 Å². The zero-order valence-corrected chi connectivity index (χ0v) is 14.1. The highest BCUT2D eigenvalue weighted by Crippen LogP contribution is 2.31. The van der Waals surface area contributed by atoms with Crippen LogP contribution in [-0.4, -0.2) is 27.4 Å². The third kappa shape index (κ3) is 4.07. The van der Waals surface area contributed by atoms with Crippen LogP contribution < -0.4 is 11.2 Å². The molecule has 0 saturated carbocycles. The van der Waals surface area contributed by atoms with Crippen LogP contribution in [0.15, 0.2) is 46.1 Å². The van der Waals surface area contributed by atoms with Crippen molar-refractivity contribution in [2.24, 2.45) is 5.92 Å². The molecular formula is C18H22N2O5. The van der Waals surface area contributed by atoms with Gasteiger partial charge in [-0.2, -0.15) is 0 Å². The number of hydrogen-bond donors (Lipinski definition) is 2. The third-order valence-electron chi connectivity index (χ3n) is 4.44. The average molecular weight is 346 g/mol. The molecule has 1 saturated heterocycles. The van der Waals surface area contributed by atoms with E-state index in [0.29, 0.717) is 18.6 Å². The maximum absolute atomic E-state index is 12.1. The van der Waals surface area contributed by atoms with Crippen LogP contribution in [0.2, 0.25) is 0 Å². The van der Waals surface area contributed by atoms with Crippen LogP contribution in [0.5, 0.6) is 0 Å². The van der Waals surface area contributed by atoms with E-state index in [1.807, 2.05) is 37.3 Å². The number of aromatic amines is 1. The number of nitrogens with one attached hydrogen (secondary N) is 1. The minimum Gasteiger partial charge on any atom is -0.394 e. The van der Waals surface area contributed by atoms with Gasteiger partial charge in [0.1, 0.15) is 6.23 Å². The zero-order chi connectivity index (χ0) is 17.8. The molecule has 1 unspecified atom stereocenters. The Morgan fingerprint density at radius 1 is 1.28 bits per heavy atom. The molecule has 3 atom stereocenters. The van der Waals surface area contributed by atoms with Gasteiger partial charge in [0.2, 0.25) is 0 Å². The highest BCUT2D eigenvalue weighted by molar-refractivity contribution is 5.13. The van der Waals surface area contributed by atoms with Crippen LogP contribution in [0.1, 0.15) is 30.7 Å². The van der Waals surface area contributed by atoms with Gasteiger partial charge in [0.15, 0.2) is 0 Å². The van der Waals surface area contributed by atoms with Crippen molar-refractivity contribution in [1.82, 2.24) is 9.55 Å². The summed E-state index contributed by atoms with van der Waals surface area (Å²) in [5, 5.41) is 9.30. The number of benzene rings is 1. The second-order valence-electron chi connectivity index (χ2n) is 6.32. The van der Waals surface area contributed by atoms with E-state index in [9.17, 15) is 14.7 Å². The molecule has 2 N–H and O–H groups in total. The van der Waals surface area contributed by atoms with Crippen LogP contribution in [0, 0.1) is 5.92 Å². The molecule has 7 heteroatoms. The number of H-pyrrole nitrogens is 1. The summed E-state index contributed by atoms with van der Waals surface area (Å²) >= 11 is 0. The first-order valence-corrected chi connectivity index (χ1v) is 8.31. The van der Waals surface area contributed by atoms with E-state index in [1.54, 1.807) is 0 Å². The van der Waals surface area contributed by atoms with Crippen molar-refractivity contribution in [3.8, 4) is 0 Å². The minimum absolute atomic E-state index is 0.0935. The SMILES string of the molecule is CC1C[C@H](n2cc(COCc3ccccc3)c(=O)[nH]c2=O)O[C@@H]1CO. The van der Waals surface area contributed by atoms with Crippen LogP contribution in [0.4, 0.5) is 0 Å². The highest BCUT2D eigenvalue weighted by atomic mass is 16.5. The molecule has 3 rings (SSSR count). The van der Waals surface area contributed by atoms with Gasteiger partial charge in [0.25, 0.3) is 5.56 Å². The molecule has 1 fully saturated rings. The Kier molecular flexibility index (Phi) is 5.47. The standard InChI is InChI=1S/C18H22N2O5/c1-12-7-16(25-15(12)9-21)20-8-14(17(22)19-18(20)23)11-24-10-13-5-3-2-4-6-13/h2-6,8,12,15-16,21H,7,9-11H2,1H3,(H,19,22,23)/t12?,15-,16-/m1/s1. The largest absolute Gasteiger partial charge is 0.394 e. The summed E-state index contributed by atoms with van der Waals surface area (Å²) in [5.41, 5.74) is 0.386. The summed E-state index contributed by atoms with van der Waals surface area (Å²) in [7, 11) is 0. The number of aliphatic hydroxyl groups is 1. The van der Waals surface area contributed by atoms with Crippen molar-refractivity contribution in [1.29, 1.82) is 0 Å². The van der Waals surface area contributed by atoms with Gasteiger partial charge in [-0.05, 0) is 17.9 Å². The van der Waals surface area contributed by atoms with Gasteiger partial charge in [-0.25, -0.2) is 4.79 Å². The van der Waals surface area contributed by atoms with Gasteiger partial charge < -0.3 is 14.6 Å². The summed E-state index contributed by atoms with van der Waals surface area (Å²) in [6.45, 7) is 2.34. The summed E-state index contributed by atoms with van der Waals surface area (Å²) in [4.78, 5) is 26.4. The molecule has 2 aromatic rings. The molecule has 0 amide bonds. The predicted octanol–water partition coefficient (Wildman–Crippen LogP) is 1.17. The molecule has 1 aliphatic rings. The Morgan fingerprint density at radius 2 is 2.04 bits per heavy atom. The Hall–Kier alpha value is -2.22. The first kappa shape index (κ1) is 17.6. The van der Waals surface area contributed by atoms with Crippen molar-refractivity contribution in [2.75, 3.05) is 6.61 Å². The second kappa shape index (κ2) is 7.77. The highest BCUT2D eigenvalue weighted by Gasteiger charge is 2.33. The van der Waals surface area contributed by atoms with E-state index in [2.05, 4.69) is 4.98 Å². The smallest absolute Gasteiger partial charge is 0.330 e. The normalized spacial score (nSPS) is 23.0. The first-order chi connectivity index (χ1) is 12.1. The van der Waals surface area contributed by atoms with Crippen LogP contribution in [-0.2, 0) is 22.7 Å². The van der Waals surface area contributed by atoms with Crippen LogP contribution in [0.3, 0.4) is 0 Å². The number of hydrogen-bond acceptors (Lipinski definition) is 5. The van der Waals surface area contributed by atoms with Crippen molar-refractivity contribution < 1.29 is 14.6 Å². The van der Waals surface area contributed by atoms with Crippen molar-refractivity contribution >= 4 is 0 Å². The van der Waals surface area contributed by atoms with Gasteiger partial charge >= 0.3 is 5.69 Å². The van der Waals surface area contributed by atoms with Crippen molar-refractivity contribution in [3.05, 3.63) is 68.5 Å². The first-order valence-electron chi connectivity index (χ1n) is 8.31. The average Bonchev–Trinajstić information content (AvgIpc) is 2.98. The van der Waals surface area contributed by atoms with Gasteiger partial charge in [-0.3, -0.25) is 14.3 Å². The van der Waals surface area contributed by atoms with Crippen molar-refractivity contribution in [2.45, 2.75) is 38.9 Å². The Morgan fingerprint density at radius 3 is 2.72 bits per heavy atom. The Balaban J connectivity index is 1.72. The lowest BCUT2D eigenvalue weighted by molar-refractivity contribution is -0.0316. The van der Waals surface area contributed by atoms with Crippen LogP contribution >= 0.6 is 0 Å². The lowest BCUT2D eigenvalue weighted by Crippen LogP contribution is -2.34. The molecule has 1 aliphatic heterocycles. The molecule has 0 bridgehead atoms. The number of nitrogens with zero attached hydrogens (tertiary/aromatic N) is 1. The molecule has 7 nitrogen and oxygen atoms in total. The van der Waals surface area contributed by atoms with Gasteiger partial charge in [-0.1, -0.05) is 37.3 Å². The predicted molar refractivity (Wildman–Crippen MR) is 91.0 cm³/mol. The van der Waals surface area contributed by atoms with E-state index < -0.39 is 17.5 Å². The fourth-order valence-electron chi connectivity index (χ4n) is 2.96. The lowest BCUT2D eigenvalue weighted by Gasteiger charge is -2.15. The number of rotatable bonds is 6. The molecular weight excluding hydrogens is 324 g/mol. The quantitative estimate of drug-likeness (QED) is 0.819. The molecule has 0 radical (unpaired) electrons. The zero-order valence-electron chi connectivity index (χ0n) is 14.1. The summed E-state index contributed by atoms with van der Waals surface area (Å²) in [5.74, 6) is 0.131. The van der Waals surface area contributed by atoms with Gasteiger partial charge in [-0.15, -0.1) is 0 Å². The fourth-order valence-corrected chi connectivity index (χ4v) is 2.96. The molecule has 0 spiro atoms. The Labute approximate surface area is 144 Å². The molecule has 1 aromatic heterocycles. The van der Waals surface area contributed by atoms with Crippen molar-refractivity contribution in [3.63, 3.8) is 0 Å². The second-order valence-corrected chi connectivity index (χ2v) is 6.32. The molecule has 25 heavy (non-hydrogen) atoms. The summed E-state index contributed by atoms with van der Waals surface area (Å²) in [6, 6.07) is 9.64. The summed E-state index contributed by atoms with van der Waals surface area (Å²) < 4.78 is 12.7. The van der Waals surface area contributed by atoms with Gasteiger partial charge in [0.05, 0.1) is 31.5 Å². The molecule has 1 aromatic carbocycles. The topological polar surface area (TPSA) is 93.6 Å². The van der Waals surface area contributed by atoms with E-state index in [4.69, 9.17) is 9.47 Å². The monoisotopic (exact) mass is 346 g/mol. The van der Waals surface area contributed by atoms with Crippen LogP contribution in [0.25, 0.3) is 0 Å². The minimum atomic E-state index is -0.521. The van der Waals surface area contributed by atoms with E-state index in [1.165, 1.54) is 10.8 Å². The summed E-state index contributed by atoms with van der Waals surface area (Å²) in [6.07, 6.45) is 1.29. The number of aromatic nitrogens is 2. The maximum atomic E-state index is 12.1. The van der Waals surface area contributed by atoms with E-state index in [-0.39, 0.29) is 25.2 Å². The van der Waals surface area contributed by atoms with Gasteiger partial charge in [0, 0.05) is 6.20 Å². The maximum Gasteiger partial charge on any atom is 0.330 e. The molecule has 0 aliphatic carbocycles. The lowest BCUT2D eigenvalue weighted by atomic mass is 10.0. The number of ether oxygens (including phenoxy) is 2. The molecule has 2 heterocycles. The van der Waals surface area contributed by atoms with E-state index in [0.717, 1.165) is 5.56 Å². The molecule has 134 valence electrons. The third-order valence-corrected chi connectivity index (χ3v) is 4.44.